The van der Waals surface area contributed by atoms with E-state index in [1.165, 1.54) is 30.9 Å². The Bertz CT molecular complexity index is 328. The Morgan fingerprint density at radius 1 is 1.05 bits per heavy atom. The fraction of sp³-hybridized carbons (Fsp3) is 0.933. The lowest BCUT2D eigenvalue weighted by Crippen LogP contribution is -2.42. The van der Waals surface area contributed by atoms with Gasteiger partial charge in [-0.05, 0) is 37.2 Å². The lowest BCUT2D eigenvalue weighted by molar-refractivity contribution is -0.135. The summed E-state index contributed by atoms with van der Waals surface area (Å²) in [5.74, 6) is 3.09. The monoisotopic (exact) mass is 298 g/mol. The Labute approximate surface area is 126 Å². The maximum Gasteiger partial charge on any atom is 0.228 e. The highest BCUT2D eigenvalue weighted by molar-refractivity contribution is 7.99. The zero-order chi connectivity index (χ0) is 13.8. The highest BCUT2D eigenvalue weighted by atomic mass is 32.2. The summed E-state index contributed by atoms with van der Waals surface area (Å²) in [6.45, 7) is 5.48. The fourth-order valence-corrected chi connectivity index (χ4v) is 4.64. The highest BCUT2D eigenvalue weighted by Crippen LogP contribution is 2.23. The number of ether oxygens (including phenoxy) is 1. The molecule has 1 atom stereocenters. The van der Waals surface area contributed by atoms with E-state index in [-0.39, 0.29) is 5.92 Å². The van der Waals surface area contributed by atoms with Crippen LogP contribution in [0.2, 0.25) is 0 Å². The summed E-state index contributed by atoms with van der Waals surface area (Å²) in [7, 11) is 0. The van der Waals surface area contributed by atoms with Crippen molar-refractivity contribution in [3.63, 3.8) is 0 Å². The maximum atomic E-state index is 12.5. The van der Waals surface area contributed by atoms with Gasteiger partial charge < -0.3 is 9.64 Å². The van der Waals surface area contributed by atoms with Crippen LogP contribution in [-0.4, -0.2) is 72.6 Å². The van der Waals surface area contributed by atoms with Crippen LogP contribution >= 0.6 is 11.8 Å². The quantitative estimate of drug-likeness (QED) is 0.772. The summed E-state index contributed by atoms with van der Waals surface area (Å²) in [4.78, 5) is 17.2. The molecule has 5 heteroatoms. The topological polar surface area (TPSA) is 32.8 Å². The standard InChI is InChI=1S/C15H26N2O2S/c18-15(13-2-9-19-12-13)17-6-1-5-16(7-8-17)14-3-10-20-11-4-14/h13-14H,1-12H2. The average Bonchev–Trinajstić information content (AvgIpc) is 2.92. The first-order chi connectivity index (χ1) is 9.84. The SMILES string of the molecule is O=C(C1CCOC1)N1CCCN(C2CCSCC2)CC1. The third-order valence-electron chi connectivity index (χ3n) is 4.83. The largest absolute Gasteiger partial charge is 0.381 e. The first kappa shape index (κ1) is 14.7. The lowest BCUT2D eigenvalue weighted by Gasteiger charge is -2.33. The molecule has 0 radical (unpaired) electrons. The van der Waals surface area contributed by atoms with E-state index in [1.807, 2.05) is 0 Å². The molecule has 0 bridgehead atoms. The fourth-order valence-electron chi connectivity index (χ4n) is 3.56. The van der Waals surface area contributed by atoms with Gasteiger partial charge in [0.1, 0.15) is 0 Å². The second kappa shape index (κ2) is 7.14. The molecule has 0 aromatic carbocycles. The molecule has 3 heterocycles. The Morgan fingerprint density at radius 3 is 2.65 bits per heavy atom. The van der Waals surface area contributed by atoms with Crippen LogP contribution in [0.15, 0.2) is 0 Å². The van der Waals surface area contributed by atoms with Gasteiger partial charge in [0.2, 0.25) is 5.91 Å². The van der Waals surface area contributed by atoms with Crippen LogP contribution < -0.4 is 0 Å². The summed E-state index contributed by atoms with van der Waals surface area (Å²) >= 11 is 2.09. The molecule has 3 aliphatic heterocycles. The van der Waals surface area contributed by atoms with Crippen LogP contribution in [0, 0.1) is 5.92 Å². The molecular weight excluding hydrogens is 272 g/mol. The van der Waals surface area contributed by atoms with Gasteiger partial charge in [-0.25, -0.2) is 0 Å². The van der Waals surface area contributed by atoms with Crippen molar-refractivity contribution in [2.24, 2.45) is 5.92 Å². The van der Waals surface area contributed by atoms with Gasteiger partial charge in [0.25, 0.3) is 0 Å². The molecule has 1 amide bonds. The van der Waals surface area contributed by atoms with Crippen molar-refractivity contribution in [3.05, 3.63) is 0 Å². The maximum absolute atomic E-state index is 12.5. The van der Waals surface area contributed by atoms with E-state index < -0.39 is 0 Å². The Morgan fingerprint density at radius 2 is 1.90 bits per heavy atom. The van der Waals surface area contributed by atoms with Gasteiger partial charge >= 0.3 is 0 Å². The number of carbonyl (C=O) groups excluding carboxylic acids is 1. The van der Waals surface area contributed by atoms with Gasteiger partial charge in [-0.15, -0.1) is 0 Å². The van der Waals surface area contributed by atoms with Crippen LogP contribution in [0.25, 0.3) is 0 Å². The van der Waals surface area contributed by atoms with E-state index in [0.29, 0.717) is 12.5 Å². The smallest absolute Gasteiger partial charge is 0.228 e. The summed E-state index contributed by atoms with van der Waals surface area (Å²) < 4.78 is 5.36. The minimum Gasteiger partial charge on any atom is -0.381 e. The first-order valence-electron chi connectivity index (χ1n) is 8.03. The minimum absolute atomic E-state index is 0.132. The zero-order valence-corrected chi connectivity index (χ0v) is 13.1. The van der Waals surface area contributed by atoms with Crippen LogP contribution in [-0.2, 0) is 9.53 Å². The average molecular weight is 298 g/mol. The molecule has 3 fully saturated rings. The van der Waals surface area contributed by atoms with E-state index in [0.717, 1.165) is 45.1 Å². The molecular formula is C15H26N2O2S. The van der Waals surface area contributed by atoms with Gasteiger partial charge in [0, 0.05) is 38.8 Å². The number of hydrogen-bond donors (Lipinski definition) is 0. The molecule has 3 rings (SSSR count). The molecule has 0 N–H and O–H groups in total. The predicted octanol–water partition coefficient (Wildman–Crippen LogP) is 1.45. The molecule has 1 unspecified atom stereocenters. The van der Waals surface area contributed by atoms with Crippen molar-refractivity contribution in [1.29, 1.82) is 0 Å². The van der Waals surface area contributed by atoms with Crippen molar-refractivity contribution in [1.82, 2.24) is 9.80 Å². The number of carbonyl (C=O) groups is 1. The van der Waals surface area contributed by atoms with Gasteiger partial charge in [-0.3, -0.25) is 9.69 Å². The first-order valence-corrected chi connectivity index (χ1v) is 9.18. The van der Waals surface area contributed by atoms with E-state index in [9.17, 15) is 4.79 Å². The number of rotatable bonds is 2. The lowest BCUT2D eigenvalue weighted by atomic mass is 10.1. The molecule has 3 saturated heterocycles. The van der Waals surface area contributed by atoms with Crippen molar-refractivity contribution < 1.29 is 9.53 Å². The molecule has 0 aromatic heterocycles. The third kappa shape index (κ3) is 3.49. The van der Waals surface area contributed by atoms with Crippen molar-refractivity contribution in [2.45, 2.75) is 31.7 Å². The molecule has 3 aliphatic rings. The van der Waals surface area contributed by atoms with Crippen molar-refractivity contribution in [2.75, 3.05) is 50.9 Å². The van der Waals surface area contributed by atoms with E-state index >= 15 is 0 Å². The van der Waals surface area contributed by atoms with Crippen LogP contribution in [0.5, 0.6) is 0 Å². The number of thioether (sulfide) groups is 1. The molecule has 0 aliphatic carbocycles. The molecule has 20 heavy (non-hydrogen) atoms. The van der Waals surface area contributed by atoms with Crippen molar-refractivity contribution >= 4 is 17.7 Å². The van der Waals surface area contributed by atoms with Crippen LogP contribution in [0.3, 0.4) is 0 Å². The minimum atomic E-state index is 0.132. The van der Waals surface area contributed by atoms with Crippen LogP contribution in [0.4, 0.5) is 0 Å². The molecule has 114 valence electrons. The zero-order valence-electron chi connectivity index (χ0n) is 12.3. The van der Waals surface area contributed by atoms with E-state index in [4.69, 9.17) is 4.74 Å². The van der Waals surface area contributed by atoms with E-state index in [1.54, 1.807) is 0 Å². The van der Waals surface area contributed by atoms with Crippen LogP contribution in [0.1, 0.15) is 25.7 Å². The summed E-state index contributed by atoms with van der Waals surface area (Å²) in [5, 5.41) is 0. The second-order valence-electron chi connectivity index (χ2n) is 6.12. The molecule has 0 aromatic rings. The molecule has 0 saturated carbocycles. The second-order valence-corrected chi connectivity index (χ2v) is 7.34. The van der Waals surface area contributed by atoms with Gasteiger partial charge in [0.15, 0.2) is 0 Å². The van der Waals surface area contributed by atoms with Gasteiger partial charge in [0.05, 0.1) is 12.5 Å². The Balaban J connectivity index is 1.52. The number of amides is 1. The number of hydrogen-bond acceptors (Lipinski definition) is 4. The normalized spacial score (nSPS) is 30.4. The predicted molar refractivity (Wildman–Crippen MR) is 82.0 cm³/mol. The Kier molecular flexibility index (Phi) is 5.24. The number of nitrogens with zero attached hydrogens (tertiary/aromatic N) is 2. The third-order valence-corrected chi connectivity index (χ3v) is 5.88. The van der Waals surface area contributed by atoms with Gasteiger partial charge in [-0.1, -0.05) is 0 Å². The highest BCUT2D eigenvalue weighted by Gasteiger charge is 2.30. The van der Waals surface area contributed by atoms with Crippen molar-refractivity contribution in [3.8, 4) is 0 Å². The molecule has 4 nitrogen and oxygen atoms in total. The molecule has 0 spiro atoms. The van der Waals surface area contributed by atoms with Gasteiger partial charge in [-0.2, -0.15) is 11.8 Å². The van der Waals surface area contributed by atoms with E-state index in [2.05, 4.69) is 21.6 Å². The summed E-state index contributed by atoms with van der Waals surface area (Å²) in [6, 6.07) is 0.765. The summed E-state index contributed by atoms with van der Waals surface area (Å²) in [5.41, 5.74) is 0. The summed E-state index contributed by atoms with van der Waals surface area (Å²) in [6.07, 6.45) is 4.70. The Hall–Kier alpha value is -0.260.